The van der Waals surface area contributed by atoms with Crippen LogP contribution < -0.4 is 5.73 Å². The van der Waals surface area contributed by atoms with Crippen molar-refractivity contribution >= 4 is 11.6 Å². The third kappa shape index (κ3) is 1.69. The molecule has 0 heterocycles. The van der Waals surface area contributed by atoms with Crippen LogP contribution in [-0.2, 0) is 0 Å². The number of benzene rings is 1. The number of aromatic hydroxyl groups is 1. The van der Waals surface area contributed by atoms with Crippen LogP contribution in [0.2, 0.25) is 5.02 Å². The Balaban J connectivity index is 3.07. The SMILES string of the molecule is NC(CO)c1cccc(Cl)c1O. The highest BCUT2D eigenvalue weighted by atomic mass is 35.5. The number of hydrogen-bond acceptors (Lipinski definition) is 3. The number of nitrogens with two attached hydrogens (primary N) is 1. The van der Waals surface area contributed by atoms with E-state index in [4.69, 9.17) is 22.4 Å². The summed E-state index contributed by atoms with van der Waals surface area (Å²) in [7, 11) is 0. The highest BCUT2D eigenvalue weighted by Crippen LogP contribution is 2.29. The van der Waals surface area contributed by atoms with E-state index >= 15 is 0 Å². The lowest BCUT2D eigenvalue weighted by molar-refractivity contribution is 0.265. The molecule has 4 heteroatoms. The molecule has 0 amide bonds. The minimum atomic E-state index is -0.580. The van der Waals surface area contributed by atoms with Crippen LogP contribution in [0, 0.1) is 0 Å². The third-order valence-corrected chi connectivity index (χ3v) is 1.92. The van der Waals surface area contributed by atoms with Crippen LogP contribution in [0.4, 0.5) is 0 Å². The number of aliphatic hydroxyl groups is 1. The predicted molar refractivity (Wildman–Crippen MR) is 47.1 cm³/mol. The van der Waals surface area contributed by atoms with E-state index in [-0.39, 0.29) is 17.4 Å². The summed E-state index contributed by atoms with van der Waals surface area (Å²) < 4.78 is 0. The molecular formula is C8H10ClNO2. The van der Waals surface area contributed by atoms with Crippen molar-refractivity contribution in [3.05, 3.63) is 28.8 Å². The van der Waals surface area contributed by atoms with Crippen molar-refractivity contribution in [3.63, 3.8) is 0 Å². The summed E-state index contributed by atoms with van der Waals surface area (Å²) in [6, 6.07) is 4.28. The Kier molecular flexibility index (Phi) is 2.92. The first-order valence-corrected chi connectivity index (χ1v) is 3.88. The molecule has 1 unspecified atom stereocenters. The van der Waals surface area contributed by atoms with E-state index in [9.17, 15) is 5.11 Å². The van der Waals surface area contributed by atoms with E-state index in [1.54, 1.807) is 18.2 Å². The van der Waals surface area contributed by atoms with Gasteiger partial charge in [0.15, 0.2) is 0 Å². The lowest BCUT2D eigenvalue weighted by Crippen LogP contribution is -2.14. The quantitative estimate of drug-likeness (QED) is 0.648. The smallest absolute Gasteiger partial charge is 0.139 e. The van der Waals surface area contributed by atoms with Crippen molar-refractivity contribution < 1.29 is 10.2 Å². The molecule has 66 valence electrons. The van der Waals surface area contributed by atoms with Gasteiger partial charge in [-0.05, 0) is 6.07 Å². The summed E-state index contributed by atoms with van der Waals surface area (Å²) in [4.78, 5) is 0. The first-order chi connectivity index (χ1) is 5.66. The molecule has 0 fully saturated rings. The molecule has 1 rings (SSSR count). The van der Waals surface area contributed by atoms with E-state index in [0.717, 1.165) is 0 Å². The zero-order chi connectivity index (χ0) is 9.14. The number of aliphatic hydroxyl groups excluding tert-OH is 1. The second-order valence-electron chi connectivity index (χ2n) is 2.47. The van der Waals surface area contributed by atoms with Gasteiger partial charge in [0.05, 0.1) is 17.7 Å². The number of rotatable bonds is 2. The van der Waals surface area contributed by atoms with Crippen molar-refractivity contribution in [2.45, 2.75) is 6.04 Å². The van der Waals surface area contributed by atoms with Gasteiger partial charge in [0, 0.05) is 5.56 Å². The first kappa shape index (κ1) is 9.32. The van der Waals surface area contributed by atoms with Crippen molar-refractivity contribution in [3.8, 4) is 5.75 Å². The van der Waals surface area contributed by atoms with E-state index in [1.165, 1.54) is 0 Å². The lowest BCUT2D eigenvalue weighted by Gasteiger charge is -2.10. The monoisotopic (exact) mass is 187 g/mol. The molecule has 4 N–H and O–H groups in total. The van der Waals surface area contributed by atoms with Gasteiger partial charge in [0.25, 0.3) is 0 Å². The summed E-state index contributed by atoms with van der Waals surface area (Å²) >= 11 is 5.63. The molecule has 0 aliphatic carbocycles. The number of para-hydroxylation sites is 1. The van der Waals surface area contributed by atoms with E-state index in [2.05, 4.69) is 0 Å². The average molecular weight is 188 g/mol. The summed E-state index contributed by atoms with van der Waals surface area (Å²) in [6.45, 7) is -0.214. The molecule has 0 saturated carbocycles. The summed E-state index contributed by atoms with van der Waals surface area (Å²) in [5.74, 6) is -0.0549. The third-order valence-electron chi connectivity index (χ3n) is 1.61. The van der Waals surface area contributed by atoms with Crippen LogP contribution in [0.1, 0.15) is 11.6 Å². The summed E-state index contributed by atoms with van der Waals surface area (Å²) in [5, 5.41) is 18.3. The maximum Gasteiger partial charge on any atom is 0.139 e. The molecule has 3 nitrogen and oxygen atoms in total. The van der Waals surface area contributed by atoms with Crippen molar-refractivity contribution in [2.75, 3.05) is 6.61 Å². The van der Waals surface area contributed by atoms with Crippen LogP contribution in [-0.4, -0.2) is 16.8 Å². The highest BCUT2D eigenvalue weighted by Gasteiger charge is 2.11. The van der Waals surface area contributed by atoms with Gasteiger partial charge in [-0.1, -0.05) is 23.7 Å². The highest BCUT2D eigenvalue weighted by molar-refractivity contribution is 6.32. The molecule has 0 radical (unpaired) electrons. The van der Waals surface area contributed by atoms with Gasteiger partial charge >= 0.3 is 0 Å². The van der Waals surface area contributed by atoms with Crippen LogP contribution in [0.25, 0.3) is 0 Å². The second kappa shape index (κ2) is 3.76. The summed E-state index contributed by atoms with van der Waals surface area (Å²) in [5.41, 5.74) is 5.96. The Bertz CT molecular complexity index is 278. The molecule has 1 atom stereocenters. The zero-order valence-electron chi connectivity index (χ0n) is 6.37. The standard InChI is InChI=1S/C8H10ClNO2/c9-6-3-1-2-5(8(6)12)7(10)4-11/h1-3,7,11-12H,4,10H2. The number of phenolic OH excluding ortho intramolecular Hbond substituents is 1. The van der Waals surface area contributed by atoms with E-state index in [0.29, 0.717) is 5.56 Å². The molecule has 12 heavy (non-hydrogen) atoms. The minimum Gasteiger partial charge on any atom is -0.506 e. The Morgan fingerprint density at radius 2 is 2.17 bits per heavy atom. The summed E-state index contributed by atoms with van der Waals surface area (Å²) in [6.07, 6.45) is 0. The molecule has 1 aromatic carbocycles. The molecule has 0 aliphatic heterocycles. The molecule has 0 saturated heterocycles. The van der Waals surface area contributed by atoms with Crippen molar-refractivity contribution in [2.24, 2.45) is 5.73 Å². The van der Waals surface area contributed by atoms with Crippen LogP contribution in [0.3, 0.4) is 0 Å². The fraction of sp³-hybridized carbons (Fsp3) is 0.250. The van der Waals surface area contributed by atoms with Crippen LogP contribution in [0.15, 0.2) is 18.2 Å². The Morgan fingerprint density at radius 1 is 1.50 bits per heavy atom. The number of halogens is 1. The molecule has 0 bridgehead atoms. The van der Waals surface area contributed by atoms with Crippen LogP contribution >= 0.6 is 11.6 Å². The van der Waals surface area contributed by atoms with Gasteiger partial charge in [-0.2, -0.15) is 0 Å². The van der Waals surface area contributed by atoms with Gasteiger partial charge in [-0.25, -0.2) is 0 Å². The normalized spacial score (nSPS) is 12.9. The maximum absolute atomic E-state index is 9.38. The fourth-order valence-corrected chi connectivity index (χ4v) is 1.11. The van der Waals surface area contributed by atoms with E-state index < -0.39 is 6.04 Å². The predicted octanol–water partition coefficient (Wildman–Crippen LogP) is 1.04. The van der Waals surface area contributed by atoms with Crippen LogP contribution in [0.5, 0.6) is 5.75 Å². The van der Waals surface area contributed by atoms with Crippen molar-refractivity contribution in [1.82, 2.24) is 0 Å². The van der Waals surface area contributed by atoms with Gasteiger partial charge in [0.1, 0.15) is 5.75 Å². The zero-order valence-corrected chi connectivity index (χ0v) is 7.12. The molecule has 0 aromatic heterocycles. The maximum atomic E-state index is 9.38. The Morgan fingerprint density at radius 3 is 2.75 bits per heavy atom. The van der Waals surface area contributed by atoms with E-state index in [1.807, 2.05) is 0 Å². The molecule has 0 aliphatic rings. The lowest BCUT2D eigenvalue weighted by atomic mass is 10.1. The first-order valence-electron chi connectivity index (χ1n) is 3.50. The Labute approximate surface area is 75.4 Å². The van der Waals surface area contributed by atoms with Gasteiger partial charge in [0.2, 0.25) is 0 Å². The Hall–Kier alpha value is -0.770. The minimum absolute atomic E-state index is 0.0549. The molecule has 0 spiro atoms. The molecular weight excluding hydrogens is 178 g/mol. The average Bonchev–Trinajstić information content (AvgIpc) is 2.08. The van der Waals surface area contributed by atoms with Crippen molar-refractivity contribution in [1.29, 1.82) is 0 Å². The largest absolute Gasteiger partial charge is 0.506 e. The molecule has 1 aromatic rings. The van der Waals surface area contributed by atoms with Gasteiger partial charge < -0.3 is 15.9 Å². The fourth-order valence-electron chi connectivity index (χ4n) is 0.930. The van der Waals surface area contributed by atoms with Gasteiger partial charge in [-0.3, -0.25) is 0 Å². The second-order valence-corrected chi connectivity index (χ2v) is 2.87. The topological polar surface area (TPSA) is 66.5 Å². The van der Waals surface area contributed by atoms with Gasteiger partial charge in [-0.15, -0.1) is 0 Å². The number of phenols is 1. The number of hydrogen-bond donors (Lipinski definition) is 3.